The molecule has 2 N–H and O–H groups in total. The smallest absolute Gasteiger partial charge is 0.275 e. The first kappa shape index (κ1) is 16.9. The lowest BCUT2D eigenvalue weighted by atomic mass is 9.96. The molecule has 2 heterocycles. The molecule has 126 valence electrons. The minimum Gasteiger partial charge on any atom is -0.384 e. The lowest BCUT2D eigenvalue weighted by Gasteiger charge is -2.24. The van der Waals surface area contributed by atoms with Gasteiger partial charge < -0.3 is 10.4 Å². The van der Waals surface area contributed by atoms with Gasteiger partial charge in [0, 0.05) is 28.9 Å². The molecule has 0 aliphatic rings. The van der Waals surface area contributed by atoms with Crippen LogP contribution in [0.1, 0.15) is 25.1 Å². The van der Waals surface area contributed by atoms with E-state index in [1.54, 1.807) is 19.1 Å². The van der Waals surface area contributed by atoms with Crippen molar-refractivity contribution in [2.75, 3.05) is 11.9 Å². The Balaban J connectivity index is 1.84. The summed E-state index contributed by atoms with van der Waals surface area (Å²) in [5, 5.41) is 19.0. The molecule has 0 aliphatic heterocycles. The third-order valence-corrected chi connectivity index (χ3v) is 4.89. The highest BCUT2D eigenvalue weighted by atomic mass is 35.5. The number of hydrogen-bond donors (Lipinski definition) is 2. The van der Waals surface area contributed by atoms with Gasteiger partial charge in [0.15, 0.2) is 0 Å². The van der Waals surface area contributed by atoms with E-state index in [4.69, 9.17) is 11.6 Å². The number of aliphatic hydroxyl groups is 1. The molecule has 3 aromatic rings. The van der Waals surface area contributed by atoms with E-state index in [1.807, 2.05) is 19.1 Å². The fraction of sp³-hybridized carbons (Fsp3) is 0.312. The number of rotatable bonds is 5. The quantitative estimate of drug-likeness (QED) is 0.727. The molecule has 0 bridgehead atoms. The predicted octanol–water partition coefficient (Wildman–Crippen LogP) is 2.69. The highest BCUT2D eigenvalue weighted by Crippen LogP contribution is 2.28. The van der Waals surface area contributed by atoms with Gasteiger partial charge in [-0.2, -0.15) is 4.52 Å². The van der Waals surface area contributed by atoms with E-state index in [0.717, 1.165) is 5.69 Å². The average molecular weight is 365 g/mol. The van der Waals surface area contributed by atoms with Crippen LogP contribution in [-0.4, -0.2) is 26.2 Å². The van der Waals surface area contributed by atoms with E-state index >= 15 is 0 Å². The van der Waals surface area contributed by atoms with Crippen molar-refractivity contribution in [1.29, 1.82) is 0 Å². The summed E-state index contributed by atoms with van der Waals surface area (Å²) in [6.45, 7) is 3.82. The molecule has 24 heavy (non-hydrogen) atoms. The van der Waals surface area contributed by atoms with E-state index in [0.29, 0.717) is 27.1 Å². The lowest BCUT2D eigenvalue weighted by Crippen LogP contribution is -2.31. The molecule has 1 aromatic carbocycles. The summed E-state index contributed by atoms with van der Waals surface area (Å²) in [5.41, 5.74) is -0.0236. The summed E-state index contributed by atoms with van der Waals surface area (Å²) in [7, 11) is 0. The molecule has 0 spiro atoms. The molecular formula is C16H17ClN4O2S. The molecule has 1 unspecified atom stereocenters. The summed E-state index contributed by atoms with van der Waals surface area (Å²) >= 11 is 7.42. The molecule has 1 atom stereocenters. The molecule has 0 amide bonds. The Morgan fingerprint density at radius 3 is 2.88 bits per heavy atom. The zero-order chi connectivity index (χ0) is 17.3. The van der Waals surface area contributed by atoms with Crippen molar-refractivity contribution in [2.24, 2.45) is 0 Å². The Labute approximate surface area is 147 Å². The number of aryl methyl sites for hydroxylation is 1. The van der Waals surface area contributed by atoms with Gasteiger partial charge in [0.25, 0.3) is 5.56 Å². The predicted molar refractivity (Wildman–Crippen MR) is 96.0 cm³/mol. The Hall–Kier alpha value is -1.96. The van der Waals surface area contributed by atoms with Gasteiger partial charge in [0.05, 0.1) is 0 Å². The third-order valence-electron chi connectivity index (χ3n) is 3.70. The fourth-order valence-electron chi connectivity index (χ4n) is 2.35. The van der Waals surface area contributed by atoms with E-state index in [2.05, 4.69) is 15.4 Å². The number of fused-ring (bicyclic) bond motifs is 1. The minimum absolute atomic E-state index is 0.200. The van der Waals surface area contributed by atoms with Gasteiger partial charge in [-0.05, 0) is 19.4 Å². The van der Waals surface area contributed by atoms with E-state index < -0.39 is 5.60 Å². The number of aromatic nitrogens is 3. The molecule has 6 nitrogen and oxygen atoms in total. The van der Waals surface area contributed by atoms with Gasteiger partial charge >= 0.3 is 0 Å². The molecule has 2 aromatic heterocycles. The van der Waals surface area contributed by atoms with Crippen molar-refractivity contribution in [1.82, 2.24) is 14.6 Å². The largest absolute Gasteiger partial charge is 0.384 e. The maximum Gasteiger partial charge on any atom is 0.275 e. The van der Waals surface area contributed by atoms with Crippen molar-refractivity contribution >= 4 is 33.0 Å². The van der Waals surface area contributed by atoms with Crippen molar-refractivity contribution in [3.8, 4) is 0 Å². The molecule has 8 heteroatoms. The van der Waals surface area contributed by atoms with Crippen LogP contribution in [0.4, 0.5) is 5.13 Å². The van der Waals surface area contributed by atoms with Crippen LogP contribution in [0.15, 0.2) is 35.1 Å². The molecular weight excluding hydrogens is 348 g/mol. The second-order valence-electron chi connectivity index (χ2n) is 5.65. The van der Waals surface area contributed by atoms with Crippen molar-refractivity contribution in [3.05, 3.63) is 57.0 Å². The molecule has 3 rings (SSSR count). The van der Waals surface area contributed by atoms with Gasteiger partial charge in [-0.3, -0.25) is 4.79 Å². The van der Waals surface area contributed by atoms with Crippen LogP contribution in [0.3, 0.4) is 0 Å². The monoisotopic (exact) mass is 364 g/mol. The molecule has 0 saturated heterocycles. The lowest BCUT2D eigenvalue weighted by molar-refractivity contribution is 0.0716. The van der Waals surface area contributed by atoms with Gasteiger partial charge in [-0.1, -0.05) is 48.1 Å². The van der Waals surface area contributed by atoms with Gasteiger partial charge in [-0.15, -0.1) is 5.10 Å². The number of nitrogens with one attached hydrogen (secondary N) is 1. The second kappa shape index (κ2) is 6.51. The number of halogens is 1. The number of nitrogens with zero attached hydrogens (tertiary/aromatic N) is 3. The standard InChI is InChI=1S/C16H17ClN4O2S/c1-3-10-8-13(22)21-15(19-10)24-14(20-21)18-9-16(2,23)11-6-4-5-7-12(11)17/h4-8,23H,3,9H2,1-2H3,(H,18,20). The first-order chi connectivity index (χ1) is 11.4. The molecule has 0 aliphatic carbocycles. The fourth-order valence-corrected chi connectivity index (χ4v) is 3.51. The molecule has 0 saturated carbocycles. The van der Waals surface area contributed by atoms with Crippen LogP contribution in [0.2, 0.25) is 5.02 Å². The highest BCUT2D eigenvalue weighted by Gasteiger charge is 2.25. The number of hydrogen-bond acceptors (Lipinski definition) is 6. The third kappa shape index (κ3) is 3.28. The first-order valence-corrected chi connectivity index (χ1v) is 8.71. The zero-order valence-electron chi connectivity index (χ0n) is 13.3. The van der Waals surface area contributed by atoms with Crippen LogP contribution < -0.4 is 10.9 Å². The summed E-state index contributed by atoms with van der Waals surface area (Å²) in [4.78, 5) is 16.9. The van der Waals surface area contributed by atoms with Gasteiger partial charge in [0.2, 0.25) is 10.1 Å². The highest BCUT2D eigenvalue weighted by molar-refractivity contribution is 7.20. The Kier molecular flexibility index (Phi) is 4.58. The Morgan fingerprint density at radius 2 is 2.17 bits per heavy atom. The second-order valence-corrected chi connectivity index (χ2v) is 7.01. The summed E-state index contributed by atoms with van der Waals surface area (Å²) in [5.74, 6) is 0. The molecule has 0 radical (unpaired) electrons. The Bertz CT molecular complexity index is 935. The van der Waals surface area contributed by atoms with Crippen molar-refractivity contribution in [3.63, 3.8) is 0 Å². The van der Waals surface area contributed by atoms with Crippen LogP contribution in [0.5, 0.6) is 0 Å². The Morgan fingerprint density at radius 1 is 1.42 bits per heavy atom. The van der Waals surface area contributed by atoms with E-state index in [1.165, 1.54) is 21.9 Å². The topological polar surface area (TPSA) is 79.5 Å². The summed E-state index contributed by atoms with van der Waals surface area (Å²) < 4.78 is 1.26. The van der Waals surface area contributed by atoms with Crippen LogP contribution in [-0.2, 0) is 12.0 Å². The SMILES string of the molecule is CCc1cc(=O)n2nc(NCC(C)(O)c3ccccc3Cl)sc2n1. The van der Waals surface area contributed by atoms with Crippen LogP contribution in [0.25, 0.3) is 4.96 Å². The average Bonchev–Trinajstić information content (AvgIpc) is 2.97. The number of anilines is 1. The van der Waals surface area contributed by atoms with Crippen LogP contribution >= 0.6 is 22.9 Å². The maximum absolute atomic E-state index is 12.0. The van der Waals surface area contributed by atoms with Crippen LogP contribution in [0, 0.1) is 0 Å². The van der Waals surface area contributed by atoms with Gasteiger partial charge in [-0.25, -0.2) is 4.98 Å². The van der Waals surface area contributed by atoms with Gasteiger partial charge in [0.1, 0.15) is 5.60 Å². The number of benzene rings is 1. The molecule has 0 fully saturated rings. The van der Waals surface area contributed by atoms with E-state index in [9.17, 15) is 9.90 Å². The maximum atomic E-state index is 12.0. The zero-order valence-corrected chi connectivity index (χ0v) is 14.9. The summed E-state index contributed by atoms with van der Waals surface area (Å²) in [6.07, 6.45) is 0.688. The van der Waals surface area contributed by atoms with Crippen molar-refractivity contribution in [2.45, 2.75) is 25.9 Å². The van der Waals surface area contributed by atoms with Crippen molar-refractivity contribution < 1.29 is 5.11 Å². The van der Waals surface area contributed by atoms with E-state index in [-0.39, 0.29) is 12.1 Å². The summed E-state index contributed by atoms with van der Waals surface area (Å²) in [6, 6.07) is 8.63. The first-order valence-electron chi connectivity index (χ1n) is 7.52. The minimum atomic E-state index is -1.18. The normalized spacial score (nSPS) is 13.8.